The second kappa shape index (κ2) is 10.3. The van der Waals surface area contributed by atoms with Crippen molar-refractivity contribution in [2.45, 2.75) is 10.8 Å². The number of nitro groups is 1. The van der Waals surface area contributed by atoms with Crippen molar-refractivity contribution in [1.82, 2.24) is 4.72 Å². The molecule has 0 fully saturated rings. The SMILES string of the molecule is COc1cc(OC)c([C@H](CNS(=O)(=O)c2ccc([N+](=O)[O-])cc2)c2ccccc2)c(OC)c1. The first-order chi connectivity index (χ1) is 15.8. The van der Waals surface area contributed by atoms with Gasteiger partial charge >= 0.3 is 0 Å². The average molecular weight is 473 g/mol. The van der Waals surface area contributed by atoms with Crippen molar-refractivity contribution < 1.29 is 27.6 Å². The van der Waals surface area contributed by atoms with Crippen LogP contribution < -0.4 is 18.9 Å². The van der Waals surface area contributed by atoms with Crippen LogP contribution in [0.15, 0.2) is 71.6 Å². The Morgan fingerprint density at radius 1 is 0.909 bits per heavy atom. The molecule has 0 unspecified atom stereocenters. The zero-order chi connectivity index (χ0) is 24.0. The van der Waals surface area contributed by atoms with E-state index in [0.29, 0.717) is 22.8 Å². The van der Waals surface area contributed by atoms with Gasteiger partial charge in [0, 0.05) is 42.3 Å². The van der Waals surface area contributed by atoms with Gasteiger partial charge in [-0.3, -0.25) is 10.1 Å². The smallest absolute Gasteiger partial charge is 0.269 e. The van der Waals surface area contributed by atoms with Crippen molar-refractivity contribution >= 4 is 15.7 Å². The maximum Gasteiger partial charge on any atom is 0.269 e. The third kappa shape index (κ3) is 5.41. The van der Waals surface area contributed by atoms with Gasteiger partial charge in [0.2, 0.25) is 10.0 Å². The van der Waals surface area contributed by atoms with E-state index in [4.69, 9.17) is 14.2 Å². The van der Waals surface area contributed by atoms with Crippen molar-refractivity contribution in [2.75, 3.05) is 27.9 Å². The van der Waals surface area contributed by atoms with Crippen LogP contribution in [-0.4, -0.2) is 41.2 Å². The summed E-state index contributed by atoms with van der Waals surface area (Å²) in [7, 11) is 0.613. The molecule has 0 aliphatic carbocycles. The molecule has 174 valence electrons. The Morgan fingerprint density at radius 3 is 1.97 bits per heavy atom. The maximum absolute atomic E-state index is 12.9. The fraction of sp³-hybridized carbons (Fsp3) is 0.217. The topological polar surface area (TPSA) is 117 Å². The number of sulfonamides is 1. The van der Waals surface area contributed by atoms with Gasteiger partial charge in [-0.05, 0) is 17.7 Å². The van der Waals surface area contributed by atoms with E-state index in [1.807, 2.05) is 30.3 Å². The van der Waals surface area contributed by atoms with Gasteiger partial charge in [0.05, 0.1) is 31.1 Å². The van der Waals surface area contributed by atoms with Crippen molar-refractivity contribution in [2.24, 2.45) is 0 Å². The minimum atomic E-state index is -3.94. The highest BCUT2D eigenvalue weighted by Crippen LogP contribution is 2.41. The minimum absolute atomic E-state index is 0.0115. The molecule has 3 aromatic rings. The Balaban J connectivity index is 2.01. The number of rotatable bonds is 10. The molecular formula is C23H24N2O7S. The molecule has 3 rings (SSSR count). The Morgan fingerprint density at radius 2 is 1.48 bits per heavy atom. The van der Waals surface area contributed by atoms with Crippen molar-refractivity contribution in [3.63, 3.8) is 0 Å². The predicted molar refractivity (Wildman–Crippen MR) is 123 cm³/mol. The molecule has 10 heteroatoms. The monoisotopic (exact) mass is 472 g/mol. The molecule has 0 saturated carbocycles. The van der Waals surface area contributed by atoms with Crippen LogP contribution in [0.1, 0.15) is 17.0 Å². The molecule has 3 aromatic carbocycles. The summed E-state index contributed by atoms with van der Waals surface area (Å²) in [5.74, 6) is 1.03. The van der Waals surface area contributed by atoms with E-state index in [-0.39, 0.29) is 17.1 Å². The Labute approximate surface area is 192 Å². The summed E-state index contributed by atoms with van der Waals surface area (Å²) in [6, 6.07) is 17.5. The van der Waals surface area contributed by atoms with E-state index in [9.17, 15) is 18.5 Å². The molecule has 0 amide bonds. The predicted octanol–water partition coefficient (Wildman–Crippen LogP) is 3.73. The third-order valence-electron chi connectivity index (χ3n) is 5.14. The van der Waals surface area contributed by atoms with Gasteiger partial charge in [-0.1, -0.05) is 30.3 Å². The number of nitrogens with one attached hydrogen (secondary N) is 1. The Bertz CT molecular complexity index is 1190. The van der Waals surface area contributed by atoms with Gasteiger partial charge in [-0.15, -0.1) is 0 Å². The highest BCUT2D eigenvalue weighted by Gasteiger charge is 2.26. The second-order valence-electron chi connectivity index (χ2n) is 7.01. The summed E-state index contributed by atoms with van der Waals surface area (Å²) < 4.78 is 45.0. The summed E-state index contributed by atoms with van der Waals surface area (Å²) in [6.45, 7) is -0.0115. The molecule has 1 N–H and O–H groups in total. The standard InChI is InChI=1S/C23H24N2O7S/c1-30-18-13-21(31-2)23(22(14-18)32-3)20(16-7-5-4-6-8-16)15-24-33(28,29)19-11-9-17(10-12-19)25(26)27/h4-14,20,24H,15H2,1-3H3/t20-/m1/s1. The lowest BCUT2D eigenvalue weighted by Crippen LogP contribution is -2.29. The number of nitrogens with zero attached hydrogens (tertiary/aromatic N) is 1. The number of hydrogen-bond acceptors (Lipinski definition) is 7. The van der Waals surface area contributed by atoms with E-state index >= 15 is 0 Å². The highest BCUT2D eigenvalue weighted by atomic mass is 32.2. The first kappa shape index (κ1) is 24.0. The van der Waals surface area contributed by atoms with Gasteiger partial charge in [0.1, 0.15) is 17.2 Å². The molecule has 0 radical (unpaired) electrons. The zero-order valence-electron chi connectivity index (χ0n) is 18.3. The van der Waals surface area contributed by atoms with E-state index in [1.54, 1.807) is 12.1 Å². The van der Waals surface area contributed by atoms with E-state index < -0.39 is 20.9 Å². The molecule has 0 aliphatic heterocycles. The normalized spacial score (nSPS) is 12.1. The van der Waals surface area contributed by atoms with Crippen LogP contribution in [0, 0.1) is 10.1 Å². The maximum atomic E-state index is 12.9. The number of benzene rings is 3. The van der Waals surface area contributed by atoms with Gasteiger partial charge in [0.25, 0.3) is 5.69 Å². The van der Waals surface area contributed by atoms with Crippen LogP contribution in [0.4, 0.5) is 5.69 Å². The summed E-state index contributed by atoms with van der Waals surface area (Å²) in [6.07, 6.45) is 0. The first-order valence-electron chi connectivity index (χ1n) is 9.89. The van der Waals surface area contributed by atoms with Gasteiger partial charge in [-0.25, -0.2) is 13.1 Å². The number of nitro benzene ring substituents is 1. The van der Waals surface area contributed by atoms with E-state index in [2.05, 4.69) is 4.72 Å². The fourth-order valence-corrected chi connectivity index (χ4v) is 4.52. The molecule has 1 atom stereocenters. The van der Waals surface area contributed by atoms with Crippen LogP contribution in [-0.2, 0) is 10.0 Å². The highest BCUT2D eigenvalue weighted by molar-refractivity contribution is 7.89. The van der Waals surface area contributed by atoms with Crippen LogP contribution in [0.2, 0.25) is 0 Å². The lowest BCUT2D eigenvalue weighted by Gasteiger charge is -2.24. The Kier molecular flexibility index (Phi) is 7.52. The molecule has 9 nitrogen and oxygen atoms in total. The molecule has 0 bridgehead atoms. The molecule has 0 spiro atoms. The van der Waals surface area contributed by atoms with Crippen molar-refractivity contribution in [3.05, 3.63) is 88.0 Å². The van der Waals surface area contributed by atoms with Gasteiger partial charge < -0.3 is 14.2 Å². The number of methoxy groups -OCH3 is 3. The summed E-state index contributed by atoms with van der Waals surface area (Å²) in [5.41, 5.74) is 1.30. The van der Waals surface area contributed by atoms with Crippen LogP contribution in [0.3, 0.4) is 0 Å². The number of hydrogen-bond donors (Lipinski definition) is 1. The van der Waals surface area contributed by atoms with Gasteiger partial charge in [0.15, 0.2) is 0 Å². The lowest BCUT2D eigenvalue weighted by atomic mass is 9.89. The second-order valence-corrected chi connectivity index (χ2v) is 8.78. The molecular weight excluding hydrogens is 448 g/mol. The van der Waals surface area contributed by atoms with Crippen LogP contribution >= 0.6 is 0 Å². The van der Waals surface area contributed by atoms with E-state index in [0.717, 1.165) is 17.7 Å². The van der Waals surface area contributed by atoms with E-state index in [1.165, 1.54) is 33.5 Å². The molecule has 33 heavy (non-hydrogen) atoms. The molecule has 0 aliphatic rings. The summed E-state index contributed by atoms with van der Waals surface area (Å²) in [5, 5.41) is 10.9. The fourth-order valence-electron chi connectivity index (χ4n) is 3.47. The molecule has 0 heterocycles. The van der Waals surface area contributed by atoms with Gasteiger partial charge in [-0.2, -0.15) is 0 Å². The largest absolute Gasteiger partial charge is 0.496 e. The lowest BCUT2D eigenvalue weighted by molar-refractivity contribution is -0.384. The number of non-ortho nitro benzene ring substituents is 1. The van der Waals surface area contributed by atoms with Crippen LogP contribution in [0.25, 0.3) is 0 Å². The zero-order valence-corrected chi connectivity index (χ0v) is 19.2. The summed E-state index contributed by atoms with van der Waals surface area (Å²) in [4.78, 5) is 10.2. The Hall–Kier alpha value is -3.63. The molecule has 0 saturated heterocycles. The first-order valence-corrected chi connectivity index (χ1v) is 11.4. The minimum Gasteiger partial charge on any atom is -0.496 e. The van der Waals surface area contributed by atoms with Crippen LogP contribution in [0.5, 0.6) is 17.2 Å². The quantitative estimate of drug-likeness (QED) is 0.353. The third-order valence-corrected chi connectivity index (χ3v) is 6.58. The van der Waals surface area contributed by atoms with Crippen molar-refractivity contribution in [3.8, 4) is 17.2 Å². The van der Waals surface area contributed by atoms with Crippen molar-refractivity contribution in [1.29, 1.82) is 0 Å². The summed E-state index contributed by atoms with van der Waals surface area (Å²) >= 11 is 0. The number of ether oxygens (including phenoxy) is 3. The molecule has 0 aromatic heterocycles. The average Bonchev–Trinajstić information content (AvgIpc) is 2.84.